The molecule has 0 radical (unpaired) electrons. The fraction of sp³-hybridized carbons (Fsp3) is 0.435. The molecule has 0 spiro atoms. The highest BCUT2D eigenvalue weighted by molar-refractivity contribution is 14.0. The average molecular weight is 542 g/mol. The topological polar surface area (TPSA) is 58.1 Å². The van der Waals surface area contributed by atoms with Crippen molar-refractivity contribution in [2.75, 3.05) is 46.5 Å². The molecule has 0 amide bonds. The number of aliphatic imine (C=N–C) groups is 1. The lowest BCUT2D eigenvalue weighted by atomic mass is 10.0. The first-order valence-electron chi connectivity index (χ1n) is 10.4. The maximum Gasteiger partial charge on any atom is 0.191 e. The Morgan fingerprint density at radius 3 is 2.48 bits per heavy atom. The summed E-state index contributed by atoms with van der Waals surface area (Å²) in [6, 6.07) is 15.1. The second-order valence-corrected chi connectivity index (χ2v) is 7.10. The van der Waals surface area contributed by atoms with Gasteiger partial charge in [-0.15, -0.1) is 24.0 Å². The van der Waals surface area contributed by atoms with Crippen LogP contribution in [0.3, 0.4) is 0 Å². The molecule has 1 saturated heterocycles. The number of hydrogen-bond donors (Lipinski definition) is 2. The highest BCUT2D eigenvalue weighted by Crippen LogP contribution is 2.23. The number of methoxy groups -OCH3 is 1. The number of nitrogens with one attached hydrogen (secondary N) is 2. The largest absolute Gasteiger partial charge is 0.497 e. The van der Waals surface area contributed by atoms with Gasteiger partial charge in [0.1, 0.15) is 11.6 Å². The van der Waals surface area contributed by atoms with E-state index in [4.69, 9.17) is 9.47 Å². The molecule has 1 atom stereocenters. The SMILES string of the molecule is CCNC(=NCc1ccccc1F)NCC(c1ccc(OC)cc1)N1CCOCC1.I. The Morgan fingerprint density at radius 1 is 1.13 bits per heavy atom. The van der Waals surface area contributed by atoms with E-state index in [9.17, 15) is 4.39 Å². The van der Waals surface area contributed by atoms with E-state index in [1.54, 1.807) is 19.2 Å². The Labute approximate surface area is 201 Å². The molecule has 2 N–H and O–H groups in total. The second-order valence-electron chi connectivity index (χ2n) is 7.10. The van der Waals surface area contributed by atoms with Crippen LogP contribution in [0, 0.1) is 5.82 Å². The van der Waals surface area contributed by atoms with Crippen molar-refractivity contribution in [1.29, 1.82) is 0 Å². The van der Waals surface area contributed by atoms with Crippen LogP contribution in [0.15, 0.2) is 53.5 Å². The van der Waals surface area contributed by atoms with Crippen molar-refractivity contribution in [3.05, 3.63) is 65.5 Å². The third-order valence-corrected chi connectivity index (χ3v) is 5.16. The molecule has 8 heteroatoms. The summed E-state index contributed by atoms with van der Waals surface area (Å²) in [5, 5.41) is 6.69. The number of hydrogen-bond acceptors (Lipinski definition) is 4. The Morgan fingerprint density at radius 2 is 1.84 bits per heavy atom. The maximum atomic E-state index is 13.9. The van der Waals surface area contributed by atoms with Crippen LogP contribution in [-0.4, -0.2) is 57.4 Å². The minimum absolute atomic E-state index is 0. The highest BCUT2D eigenvalue weighted by atomic mass is 127. The molecule has 1 unspecified atom stereocenters. The number of halogens is 2. The molecule has 31 heavy (non-hydrogen) atoms. The zero-order valence-corrected chi connectivity index (χ0v) is 20.5. The fourth-order valence-electron chi connectivity index (χ4n) is 3.50. The monoisotopic (exact) mass is 542 g/mol. The molecule has 0 aromatic heterocycles. The molecule has 1 fully saturated rings. The van der Waals surface area contributed by atoms with E-state index in [0.717, 1.165) is 38.6 Å². The van der Waals surface area contributed by atoms with Gasteiger partial charge in [-0.1, -0.05) is 30.3 Å². The zero-order chi connectivity index (χ0) is 21.2. The van der Waals surface area contributed by atoms with E-state index in [1.165, 1.54) is 11.6 Å². The van der Waals surface area contributed by atoms with Crippen LogP contribution in [0.4, 0.5) is 4.39 Å². The van der Waals surface area contributed by atoms with Crippen LogP contribution in [0.5, 0.6) is 5.75 Å². The van der Waals surface area contributed by atoms with Crippen LogP contribution in [0.25, 0.3) is 0 Å². The molecule has 3 rings (SSSR count). The van der Waals surface area contributed by atoms with Crippen LogP contribution in [0.1, 0.15) is 24.1 Å². The van der Waals surface area contributed by atoms with Gasteiger partial charge in [0.15, 0.2) is 5.96 Å². The summed E-state index contributed by atoms with van der Waals surface area (Å²) in [5.74, 6) is 1.28. The van der Waals surface area contributed by atoms with Gasteiger partial charge < -0.3 is 20.1 Å². The Kier molecular flexibility index (Phi) is 11.0. The van der Waals surface area contributed by atoms with Gasteiger partial charge in [-0.25, -0.2) is 9.38 Å². The lowest BCUT2D eigenvalue weighted by Gasteiger charge is -2.35. The van der Waals surface area contributed by atoms with Gasteiger partial charge in [0.05, 0.1) is 32.9 Å². The molecule has 2 aromatic carbocycles. The summed E-state index contributed by atoms with van der Waals surface area (Å²) < 4.78 is 24.8. The molecule has 2 aromatic rings. The molecule has 1 aliphatic rings. The Hall–Kier alpha value is -1.91. The molecule has 6 nitrogen and oxygen atoms in total. The van der Waals surface area contributed by atoms with Gasteiger partial charge in [0.25, 0.3) is 0 Å². The normalized spacial score (nSPS) is 15.6. The van der Waals surface area contributed by atoms with E-state index >= 15 is 0 Å². The van der Waals surface area contributed by atoms with E-state index < -0.39 is 0 Å². The first-order chi connectivity index (χ1) is 14.7. The summed E-state index contributed by atoms with van der Waals surface area (Å²) in [5.41, 5.74) is 1.78. The van der Waals surface area contributed by atoms with Crippen molar-refractivity contribution in [3.8, 4) is 5.75 Å². The molecule has 170 valence electrons. The van der Waals surface area contributed by atoms with Gasteiger partial charge >= 0.3 is 0 Å². The number of guanidine groups is 1. The van der Waals surface area contributed by atoms with Gasteiger partial charge in [-0.05, 0) is 30.7 Å². The third kappa shape index (κ3) is 7.62. The number of benzene rings is 2. The summed E-state index contributed by atoms with van der Waals surface area (Å²) in [7, 11) is 1.67. The highest BCUT2D eigenvalue weighted by Gasteiger charge is 2.23. The van der Waals surface area contributed by atoms with E-state index in [0.29, 0.717) is 18.1 Å². The van der Waals surface area contributed by atoms with Gasteiger partial charge in [0.2, 0.25) is 0 Å². The second kappa shape index (κ2) is 13.5. The van der Waals surface area contributed by atoms with Gasteiger partial charge in [-0.2, -0.15) is 0 Å². The van der Waals surface area contributed by atoms with E-state index in [-0.39, 0.29) is 42.4 Å². The van der Waals surface area contributed by atoms with Crippen molar-refractivity contribution in [1.82, 2.24) is 15.5 Å². The predicted octanol–water partition coefficient (Wildman–Crippen LogP) is 3.58. The molecular formula is C23H32FIN4O2. The molecular weight excluding hydrogens is 510 g/mol. The number of ether oxygens (including phenoxy) is 2. The third-order valence-electron chi connectivity index (χ3n) is 5.16. The standard InChI is InChI=1S/C23H31FN4O2.HI/c1-3-25-23(26-16-19-6-4-5-7-21(19)24)27-17-22(28-12-14-30-15-13-28)18-8-10-20(29-2)11-9-18;/h4-11,22H,3,12-17H2,1-2H3,(H2,25,26,27);1H. The maximum absolute atomic E-state index is 13.9. The quantitative estimate of drug-likeness (QED) is 0.304. The van der Waals surface area contributed by atoms with Crippen LogP contribution >= 0.6 is 24.0 Å². The van der Waals surface area contributed by atoms with E-state index in [2.05, 4.69) is 32.7 Å². The minimum atomic E-state index is -0.235. The average Bonchev–Trinajstić information content (AvgIpc) is 2.79. The van der Waals surface area contributed by atoms with Gasteiger partial charge in [-0.3, -0.25) is 4.90 Å². The molecule has 1 aliphatic heterocycles. The zero-order valence-electron chi connectivity index (χ0n) is 18.1. The van der Waals surface area contributed by atoms with Crippen LogP contribution in [-0.2, 0) is 11.3 Å². The van der Waals surface area contributed by atoms with Crippen LogP contribution in [0.2, 0.25) is 0 Å². The first-order valence-corrected chi connectivity index (χ1v) is 10.4. The lowest BCUT2D eigenvalue weighted by Crippen LogP contribution is -2.46. The number of rotatable bonds is 8. The molecule has 0 saturated carbocycles. The van der Waals surface area contributed by atoms with Crippen molar-refractivity contribution < 1.29 is 13.9 Å². The predicted molar refractivity (Wildman–Crippen MR) is 133 cm³/mol. The molecule has 1 heterocycles. The molecule has 0 aliphatic carbocycles. The van der Waals surface area contributed by atoms with E-state index in [1.807, 2.05) is 25.1 Å². The number of morpholine rings is 1. The fourth-order valence-corrected chi connectivity index (χ4v) is 3.50. The Bertz CT molecular complexity index is 813. The van der Waals surface area contributed by atoms with Gasteiger partial charge in [0, 0.05) is 31.7 Å². The summed E-state index contributed by atoms with van der Waals surface area (Å²) in [6.07, 6.45) is 0. The van der Waals surface area contributed by atoms with Crippen molar-refractivity contribution in [2.24, 2.45) is 4.99 Å². The van der Waals surface area contributed by atoms with Crippen molar-refractivity contribution in [2.45, 2.75) is 19.5 Å². The van der Waals surface area contributed by atoms with Crippen LogP contribution < -0.4 is 15.4 Å². The first kappa shape index (κ1) is 25.4. The summed E-state index contributed by atoms with van der Waals surface area (Å²) in [4.78, 5) is 6.99. The van der Waals surface area contributed by atoms with Crippen molar-refractivity contribution in [3.63, 3.8) is 0 Å². The lowest BCUT2D eigenvalue weighted by molar-refractivity contribution is 0.0170. The molecule has 0 bridgehead atoms. The Balaban J connectivity index is 0.00000341. The number of nitrogens with zero attached hydrogens (tertiary/aromatic N) is 2. The summed E-state index contributed by atoms with van der Waals surface area (Å²) in [6.45, 7) is 6.92. The minimum Gasteiger partial charge on any atom is -0.497 e. The summed E-state index contributed by atoms with van der Waals surface area (Å²) >= 11 is 0. The van der Waals surface area contributed by atoms with Crippen molar-refractivity contribution >= 4 is 29.9 Å². The smallest absolute Gasteiger partial charge is 0.191 e.